The van der Waals surface area contributed by atoms with Crippen molar-refractivity contribution in [3.63, 3.8) is 0 Å². The van der Waals surface area contributed by atoms with Gasteiger partial charge >= 0.3 is 0 Å². The predicted octanol–water partition coefficient (Wildman–Crippen LogP) is 4.26. The van der Waals surface area contributed by atoms with Crippen LogP contribution in [-0.2, 0) is 0 Å². The third kappa shape index (κ3) is 3.16. The average Bonchev–Trinajstić information content (AvgIpc) is 2.40. The molecule has 0 aliphatic heterocycles. The van der Waals surface area contributed by atoms with Gasteiger partial charge in [0.05, 0.1) is 11.8 Å². The highest BCUT2D eigenvalue weighted by Gasteiger charge is 1.97. The first-order valence-electron chi connectivity index (χ1n) is 5.44. The number of ether oxygens (including phenoxy) is 1. The van der Waals surface area contributed by atoms with Crippen LogP contribution in [-0.4, -0.2) is 0 Å². The highest BCUT2D eigenvalue weighted by Crippen LogP contribution is 2.17. The topological polar surface area (TPSA) is 9.23 Å². The SMILES string of the molecule is C=COc1ccccc1C#Cc1ccc(Cl)cc1. The fourth-order valence-corrected chi connectivity index (χ4v) is 1.56. The molecule has 0 aromatic heterocycles. The Morgan fingerprint density at radius 1 is 1.00 bits per heavy atom. The molecule has 2 heteroatoms. The summed E-state index contributed by atoms with van der Waals surface area (Å²) in [6.45, 7) is 3.54. The van der Waals surface area contributed by atoms with Crippen LogP contribution < -0.4 is 4.74 Å². The molecule has 0 atom stereocenters. The molecule has 18 heavy (non-hydrogen) atoms. The molecule has 0 fully saturated rings. The summed E-state index contributed by atoms with van der Waals surface area (Å²) in [6, 6.07) is 15.0. The van der Waals surface area contributed by atoms with Crippen LogP contribution in [0.3, 0.4) is 0 Å². The standard InChI is InChI=1S/C16H11ClO/c1-2-18-16-6-4-3-5-14(16)10-7-13-8-11-15(17)12-9-13/h2-6,8-9,11-12H,1H2. The van der Waals surface area contributed by atoms with Crippen LogP contribution in [0.4, 0.5) is 0 Å². The number of rotatable bonds is 2. The lowest BCUT2D eigenvalue weighted by atomic mass is 10.1. The second-order valence-corrected chi connectivity index (χ2v) is 3.97. The van der Waals surface area contributed by atoms with Crippen molar-refractivity contribution < 1.29 is 4.74 Å². The van der Waals surface area contributed by atoms with Crippen LogP contribution in [0.2, 0.25) is 5.02 Å². The quantitative estimate of drug-likeness (QED) is 0.575. The fourth-order valence-electron chi connectivity index (χ4n) is 1.44. The first-order valence-corrected chi connectivity index (χ1v) is 5.81. The van der Waals surface area contributed by atoms with E-state index >= 15 is 0 Å². The first-order chi connectivity index (χ1) is 8.79. The van der Waals surface area contributed by atoms with E-state index in [1.54, 1.807) is 0 Å². The van der Waals surface area contributed by atoms with E-state index in [9.17, 15) is 0 Å². The highest BCUT2D eigenvalue weighted by molar-refractivity contribution is 6.30. The summed E-state index contributed by atoms with van der Waals surface area (Å²) in [4.78, 5) is 0. The maximum atomic E-state index is 5.82. The molecular weight excluding hydrogens is 244 g/mol. The lowest BCUT2D eigenvalue weighted by molar-refractivity contribution is 0.482. The number of halogens is 1. The van der Waals surface area contributed by atoms with E-state index in [2.05, 4.69) is 18.4 Å². The van der Waals surface area contributed by atoms with E-state index in [4.69, 9.17) is 16.3 Å². The summed E-state index contributed by atoms with van der Waals surface area (Å²) < 4.78 is 5.28. The molecule has 2 aromatic rings. The van der Waals surface area contributed by atoms with Crippen LogP contribution in [0.5, 0.6) is 5.75 Å². The van der Waals surface area contributed by atoms with E-state index in [0.29, 0.717) is 10.8 Å². The number of para-hydroxylation sites is 1. The van der Waals surface area contributed by atoms with Gasteiger partial charge in [0.1, 0.15) is 5.75 Å². The maximum Gasteiger partial charge on any atom is 0.142 e. The molecule has 1 nitrogen and oxygen atoms in total. The Morgan fingerprint density at radius 3 is 2.44 bits per heavy atom. The molecule has 0 saturated carbocycles. The third-order valence-corrected chi connectivity index (χ3v) is 2.54. The minimum atomic E-state index is 0.703. The molecule has 0 amide bonds. The summed E-state index contributed by atoms with van der Waals surface area (Å²) in [5, 5.41) is 0.705. The number of hydrogen-bond acceptors (Lipinski definition) is 1. The van der Waals surface area contributed by atoms with Gasteiger partial charge < -0.3 is 4.74 Å². The van der Waals surface area contributed by atoms with Gasteiger partial charge in [0.2, 0.25) is 0 Å². The summed E-state index contributed by atoms with van der Waals surface area (Å²) in [7, 11) is 0. The van der Waals surface area contributed by atoms with Crippen LogP contribution in [0.25, 0.3) is 0 Å². The van der Waals surface area contributed by atoms with E-state index in [1.807, 2.05) is 48.5 Å². The summed E-state index contributed by atoms with van der Waals surface area (Å²) in [5.74, 6) is 6.83. The molecule has 0 heterocycles. The Bertz CT molecular complexity index is 603. The van der Waals surface area contributed by atoms with Crippen molar-refractivity contribution in [3.8, 4) is 17.6 Å². The summed E-state index contributed by atoms with van der Waals surface area (Å²) >= 11 is 5.82. The van der Waals surface area contributed by atoms with Gasteiger partial charge in [-0.3, -0.25) is 0 Å². The van der Waals surface area contributed by atoms with Gasteiger partial charge in [-0.25, -0.2) is 0 Å². The van der Waals surface area contributed by atoms with Crippen molar-refractivity contribution >= 4 is 11.6 Å². The van der Waals surface area contributed by atoms with Gasteiger partial charge in [-0.15, -0.1) is 0 Å². The molecule has 0 N–H and O–H groups in total. The van der Waals surface area contributed by atoms with Crippen molar-refractivity contribution in [1.29, 1.82) is 0 Å². The van der Waals surface area contributed by atoms with Crippen LogP contribution in [0.15, 0.2) is 61.4 Å². The van der Waals surface area contributed by atoms with Gasteiger partial charge in [0.25, 0.3) is 0 Å². The molecule has 0 radical (unpaired) electrons. The number of benzene rings is 2. The summed E-state index contributed by atoms with van der Waals surface area (Å²) in [5.41, 5.74) is 1.74. The van der Waals surface area contributed by atoms with Crippen LogP contribution in [0, 0.1) is 11.8 Å². The second-order valence-electron chi connectivity index (χ2n) is 3.54. The molecular formula is C16H11ClO. The van der Waals surface area contributed by atoms with Gasteiger partial charge in [0.15, 0.2) is 0 Å². The second kappa shape index (κ2) is 5.95. The zero-order valence-electron chi connectivity index (χ0n) is 9.69. The van der Waals surface area contributed by atoms with Crippen molar-refractivity contribution in [1.82, 2.24) is 0 Å². The van der Waals surface area contributed by atoms with E-state index < -0.39 is 0 Å². The maximum absolute atomic E-state index is 5.82. The fraction of sp³-hybridized carbons (Fsp3) is 0. The Labute approximate surface area is 112 Å². The smallest absolute Gasteiger partial charge is 0.142 e. The minimum Gasteiger partial charge on any atom is -0.464 e. The van der Waals surface area contributed by atoms with Gasteiger partial charge in [-0.2, -0.15) is 0 Å². The zero-order valence-corrected chi connectivity index (χ0v) is 10.4. The van der Waals surface area contributed by atoms with Gasteiger partial charge in [-0.05, 0) is 36.4 Å². The molecule has 0 spiro atoms. The Hall–Kier alpha value is -2.17. The molecule has 88 valence electrons. The van der Waals surface area contributed by atoms with E-state index in [-0.39, 0.29) is 0 Å². The first kappa shape index (κ1) is 12.3. The van der Waals surface area contributed by atoms with Crippen LogP contribution >= 0.6 is 11.6 Å². The lowest BCUT2D eigenvalue weighted by Gasteiger charge is -2.01. The van der Waals surface area contributed by atoms with Crippen molar-refractivity contribution in [2.75, 3.05) is 0 Å². The Kier molecular flexibility index (Phi) is 4.06. The average molecular weight is 255 g/mol. The highest BCUT2D eigenvalue weighted by atomic mass is 35.5. The van der Waals surface area contributed by atoms with Gasteiger partial charge in [-0.1, -0.05) is 42.2 Å². The monoisotopic (exact) mass is 254 g/mol. The molecule has 2 rings (SSSR count). The number of hydrogen-bond donors (Lipinski definition) is 0. The van der Waals surface area contributed by atoms with Crippen LogP contribution in [0.1, 0.15) is 11.1 Å². The third-order valence-electron chi connectivity index (χ3n) is 2.28. The normalized spacial score (nSPS) is 9.17. The van der Waals surface area contributed by atoms with Crippen molar-refractivity contribution in [3.05, 3.63) is 77.5 Å². The minimum absolute atomic E-state index is 0.703. The molecule has 2 aromatic carbocycles. The molecule has 0 bridgehead atoms. The summed E-state index contributed by atoms with van der Waals surface area (Å²) in [6.07, 6.45) is 1.39. The Morgan fingerprint density at radius 2 is 1.72 bits per heavy atom. The van der Waals surface area contributed by atoms with Gasteiger partial charge in [0, 0.05) is 10.6 Å². The van der Waals surface area contributed by atoms with E-state index in [1.165, 1.54) is 6.26 Å². The van der Waals surface area contributed by atoms with Crippen molar-refractivity contribution in [2.45, 2.75) is 0 Å². The van der Waals surface area contributed by atoms with Crippen molar-refractivity contribution in [2.24, 2.45) is 0 Å². The molecule has 0 unspecified atom stereocenters. The largest absolute Gasteiger partial charge is 0.464 e. The predicted molar refractivity (Wildman–Crippen MR) is 74.7 cm³/mol. The molecule has 0 aliphatic carbocycles. The zero-order chi connectivity index (χ0) is 12.8. The molecule has 0 aliphatic rings. The molecule has 0 saturated heterocycles. The lowest BCUT2D eigenvalue weighted by Crippen LogP contribution is -1.85. The van der Waals surface area contributed by atoms with E-state index in [0.717, 1.165) is 11.1 Å². The Balaban J connectivity index is 2.29.